The smallest absolute Gasteiger partial charge is 0.255 e. The van der Waals surface area contributed by atoms with Crippen LogP contribution in [0.1, 0.15) is 27.6 Å². The monoisotopic (exact) mass is 350 g/mol. The Balaban J connectivity index is 1.78. The lowest BCUT2D eigenvalue weighted by atomic mass is 10.1. The van der Waals surface area contributed by atoms with Gasteiger partial charge in [0.05, 0.1) is 0 Å². The minimum absolute atomic E-state index is 0.177. The summed E-state index contributed by atoms with van der Waals surface area (Å²) in [6, 6.07) is 13.8. The Hall–Kier alpha value is -3.55. The number of aryl methyl sites for hydroxylation is 1. The third kappa shape index (κ3) is 3.59. The molecule has 26 heavy (non-hydrogen) atoms. The van der Waals surface area contributed by atoms with E-state index in [0.29, 0.717) is 29.2 Å². The standard InChI is InChI=1S/C18H18N6O2/c1-3-24-16(21-22-23-24)13-5-4-6-14(11-13)18(26)20-15-9-7-12(8-10-15)17(25)19-2/h4-11H,3H2,1-2H3,(H,19,25)(H,20,26). The van der Waals surface area contributed by atoms with E-state index in [9.17, 15) is 9.59 Å². The molecule has 0 saturated carbocycles. The summed E-state index contributed by atoms with van der Waals surface area (Å²) in [6.45, 7) is 2.58. The number of hydrogen-bond donors (Lipinski definition) is 2. The van der Waals surface area contributed by atoms with E-state index >= 15 is 0 Å². The van der Waals surface area contributed by atoms with E-state index in [0.717, 1.165) is 5.56 Å². The van der Waals surface area contributed by atoms with E-state index in [2.05, 4.69) is 26.2 Å². The van der Waals surface area contributed by atoms with Crippen LogP contribution in [0.5, 0.6) is 0 Å². The van der Waals surface area contributed by atoms with Crippen molar-refractivity contribution in [1.29, 1.82) is 0 Å². The molecule has 2 N–H and O–H groups in total. The number of nitrogens with zero attached hydrogens (tertiary/aromatic N) is 4. The molecule has 0 spiro atoms. The third-order valence-corrected chi connectivity index (χ3v) is 3.85. The fourth-order valence-corrected chi connectivity index (χ4v) is 2.48. The highest BCUT2D eigenvalue weighted by molar-refractivity contribution is 6.05. The summed E-state index contributed by atoms with van der Waals surface area (Å²) in [7, 11) is 1.57. The Labute approximate surface area is 150 Å². The molecule has 1 aromatic heterocycles. The summed E-state index contributed by atoms with van der Waals surface area (Å²) in [5.74, 6) is 0.177. The molecule has 0 fully saturated rings. The van der Waals surface area contributed by atoms with Gasteiger partial charge in [-0.05, 0) is 53.7 Å². The fraction of sp³-hybridized carbons (Fsp3) is 0.167. The van der Waals surface area contributed by atoms with Crippen LogP contribution in [-0.2, 0) is 6.54 Å². The van der Waals surface area contributed by atoms with Gasteiger partial charge in [0.1, 0.15) is 0 Å². The summed E-state index contributed by atoms with van der Waals surface area (Å²) in [5, 5.41) is 17.0. The van der Waals surface area contributed by atoms with E-state index in [1.54, 1.807) is 54.2 Å². The Morgan fingerprint density at radius 2 is 1.81 bits per heavy atom. The van der Waals surface area contributed by atoms with Gasteiger partial charge in [-0.1, -0.05) is 12.1 Å². The summed E-state index contributed by atoms with van der Waals surface area (Å²) in [6.07, 6.45) is 0. The molecule has 2 aromatic carbocycles. The second-order valence-electron chi connectivity index (χ2n) is 5.51. The molecule has 0 saturated heterocycles. The summed E-state index contributed by atoms with van der Waals surface area (Å²) < 4.78 is 1.66. The van der Waals surface area contributed by atoms with Gasteiger partial charge in [0.25, 0.3) is 11.8 Å². The molecule has 3 rings (SSSR count). The first-order valence-corrected chi connectivity index (χ1v) is 8.12. The van der Waals surface area contributed by atoms with Gasteiger partial charge in [0.2, 0.25) is 0 Å². The van der Waals surface area contributed by atoms with Crippen molar-refractivity contribution >= 4 is 17.5 Å². The molecule has 0 radical (unpaired) electrons. The molecule has 0 aliphatic rings. The maximum Gasteiger partial charge on any atom is 0.255 e. The molecule has 0 aliphatic heterocycles. The Kier molecular flexibility index (Phi) is 5.02. The van der Waals surface area contributed by atoms with Crippen LogP contribution in [0, 0.1) is 0 Å². The average molecular weight is 350 g/mol. The molecule has 8 heteroatoms. The molecule has 0 atom stereocenters. The summed E-state index contributed by atoms with van der Waals surface area (Å²) >= 11 is 0. The second kappa shape index (κ2) is 7.56. The summed E-state index contributed by atoms with van der Waals surface area (Å²) in [5.41, 5.74) is 2.38. The number of aromatic nitrogens is 4. The first kappa shape index (κ1) is 17.3. The highest BCUT2D eigenvalue weighted by Gasteiger charge is 2.12. The maximum absolute atomic E-state index is 12.5. The zero-order chi connectivity index (χ0) is 18.5. The van der Waals surface area contributed by atoms with E-state index in [-0.39, 0.29) is 11.8 Å². The zero-order valence-electron chi connectivity index (χ0n) is 14.4. The predicted octanol–water partition coefficient (Wildman–Crippen LogP) is 1.97. The van der Waals surface area contributed by atoms with Crippen LogP contribution in [0.2, 0.25) is 0 Å². The lowest BCUT2D eigenvalue weighted by molar-refractivity contribution is 0.0962. The predicted molar refractivity (Wildman–Crippen MR) is 96.7 cm³/mol. The lowest BCUT2D eigenvalue weighted by Crippen LogP contribution is -2.17. The van der Waals surface area contributed by atoms with Gasteiger partial charge < -0.3 is 10.6 Å². The van der Waals surface area contributed by atoms with Crippen molar-refractivity contribution < 1.29 is 9.59 Å². The van der Waals surface area contributed by atoms with Crippen LogP contribution < -0.4 is 10.6 Å². The zero-order valence-corrected chi connectivity index (χ0v) is 14.4. The van der Waals surface area contributed by atoms with Crippen LogP contribution in [0.4, 0.5) is 5.69 Å². The van der Waals surface area contributed by atoms with Crippen molar-refractivity contribution in [2.24, 2.45) is 0 Å². The number of hydrogen-bond acceptors (Lipinski definition) is 5. The maximum atomic E-state index is 12.5. The van der Waals surface area contributed by atoms with Crippen molar-refractivity contribution in [3.05, 3.63) is 59.7 Å². The van der Waals surface area contributed by atoms with Crippen molar-refractivity contribution in [2.45, 2.75) is 13.5 Å². The van der Waals surface area contributed by atoms with Crippen molar-refractivity contribution in [2.75, 3.05) is 12.4 Å². The number of carbonyl (C=O) groups is 2. The van der Waals surface area contributed by atoms with Crippen molar-refractivity contribution in [3.63, 3.8) is 0 Å². The van der Waals surface area contributed by atoms with Gasteiger partial charge >= 0.3 is 0 Å². The van der Waals surface area contributed by atoms with Crippen LogP contribution in [-0.4, -0.2) is 39.1 Å². The number of anilines is 1. The third-order valence-electron chi connectivity index (χ3n) is 3.85. The molecule has 0 bridgehead atoms. The van der Waals surface area contributed by atoms with Crippen molar-refractivity contribution in [3.8, 4) is 11.4 Å². The Bertz CT molecular complexity index is 933. The van der Waals surface area contributed by atoms with Gasteiger partial charge in [0, 0.05) is 36.0 Å². The van der Waals surface area contributed by atoms with Gasteiger partial charge in [-0.15, -0.1) is 5.10 Å². The average Bonchev–Trinajstić information content (AvgIpc) is 3.17. The molecule has 132 valence electrons. The van der Waals surface area contributed by atoms with Gasteiger partial charge in [-0.2, -0.15) is 0 Å². The van der Waals surface area contributed by atoms with Crippen LogP contribution >= 0.6 is 0 Å². The van der Waals surface area contributed by atoms with Gasteiger partial charge in [-0.25, -0.2) is 4.68 Å². The van der Waals surface area contributed by atoms with E-state index in [4.69, 9.17) is 0 Å². The van der Waals surface area contributed by atoms with E-state index < -0.39 is 0 Å². The molecule has 0 aliphatic carbocycles. The van der Waals surface area contributed by atoms with Crippen LogP contribution in [0.15, 0.2) is 48.5 Å². The lowest BCUT2D eigenvalue weighted by Gasteiger charge is -2.08. The number of carbonyl (C=O) groups excluding carboxylic acids is 2. The Morgan fingerprint density at radius 3 is 2.50 bits per heavy atom. The number of tetrazole rings is 1. The largest absolute Gasteiger partial charge is 0.355 e. The Morgan fingerprint density at radius 1 is 1.04 bits per heavy atom. The number of nitrogens with one attached hydrogen (secondary N) is 2. The SMILES string of the molecule is CCn1nnnc1-c1cccc(C(=O)Nc2ccc(C(=O)NC)cc2)c1. The van der Waals surface area contributed by atoms with Crippen LogP contribution in [0.25, 0.3) is 11.4 Å². The highest BCUT2D eigenvalue weighted by Crippen LogP contribution is 2.18. The minimum atomic E-state index is -0.255. The molecule has 8 nitrogen and oxygen atoms in total. The number of benzene rings is 2. The minimum Gasteiger partial charge on any atom is -0.355 e. The topological polar surface area (TPSA) is 102 Å². The molecule has 3 aromatic rings. The quantitative estimate of drug-likeness (QED) is 0.732. The molecular weight excluding hydrogens is 332 g/mol. The first-order valence-electron chi connectivity index (χ1n) is 8.12. The number of rotatable bonds is 5. The van der Waals surface area contributed by atoms with E-state index in [1.165, 1.54) is 0 Å². The summed E-state index contributed by atoms with van der Waals surface area (Å²) in [4.78, 5) is 24.1. The van der Waals surface area contributed by atoms with Crippen molar-refractivity contribution in [1.82, 2.24) is 25.5 Å². The van der Waals surface area contributed by atoms with Gasteiger partial charge in [-0.3, -0.25) is 9.59 Å². The van der Waals surface area contributed by atoms with E-state index in [1.807, 2.05) is 13.0 Å². The molecule has 0 unspecified atom stereocenters. The first-order chi connectivity index (χ1) is 12.6. The fourth-order valence-electron chi connectivity index (χ4n) is 2.48. The second-order valence-corrected chi connectivity index (χ2v) is 5.51. The molecular formula is C18H18N6O2. The molecule has 1 heterocycles. The van der Waals surface area contributed by atoms with Crippen LogP contribution in [0.3, 0.4) is 0 Å². The molecule has 2 amide bonds. The van der Waals surface area contributed by atoms with Gasteiger partial charge in [0.15, 0.2) is 5.82 Å². The normalized spacial score (nSPS) is 10.4. The number of amides is 2. The highest BCUT2D eigenvalue weighted by atomic mass is 16.2.